The zero-order chi connectivity index (χ0) is 18.6. The zero-order valence-electron chi connectivity index (χ0n) is 16.0. The van der Waals surface area contributed by atoms with Gasteiger partial charge >= 0.3 is 0 Å². The van der Waals surface area contributed by atoms with Gasteiger partial charge in [0.15, 0.2) is 5.78 Å². The second kappa shape index (κ2) is 8.19. The molecule has 2 rings (SSSR count). The van der Waals surface area contributed by atoms with Crippen LogP contribution >= 0.6 is 0 Å². The summed E-state index contributed by atoms with van der Waals surface area (Å²) in [6.45, 7) is 12.1. The van der Waals surface area contributed by atoms with Crippen molar-refractivity contribution in [2.24, 2.45) is 0 Å². The van der Waals surface area contributed by atoms with Crippen molar-refractivity contribution in [3.05, 3.63) is 59.2 Å². The van der Waals surface area contributed by atoms with Crippen LogP contribution in [0, 0.1) is 0 Å². The Hall–Kier alpha value is -2.29. The highest BCUT2D eigenvalue weighted by Crippen LogP contribution is 2.29. The molecule has 134 valence electrons. The smallest absolute Gasteiger partial charge is 0.196 e. The Labute approximate surface area is 151 Å². The molecule has 0 aliphatic rings. The highest BCUT2D eigenvalue weighted by atomic mass is 16.5. The molecule has 3 heteroatoms. The summed E-state index contributed by atoms with van der Waals surface area (Å²) in [7, 11) is 0. The number of rotatable bonds is 7. The van der Waals surface area contributed by atoms with Gasteiger partial charge in [0.2, 0.25) is 0 Å². The summed E-state index contributed by atoms with van der Waals surface area (Å²) in [6.07, 6.45) is 0.0428. The van der Waals surface area contributed by atoms with Crippen molar-refractivity contribution in [2.75, 3.05) is 0 Å². The lowest BCUT2D eigenvalue weighted by molar-refractivity contribution is 0.103. The average molecular weight is 340 g/mol. The van der Waals surface area contributed by atoms with E-state index in [9.17, 15) is 4.79 Å². The molecule has 0 saturated carbocycles. The minimum Gasteiger partial charge on any atom is -0.491 e. The number of hydrogen-bond acceptors (Lipinski definition) is 3. The van der Waals surface area contributed by atoms with E-state index >= 15 is 0 Å². The van der Waals surface area contributed by atoms with E-state index in [0.29, 0.717) is 28.5 Å². The molecule has 0 heterocycles. The third kappa shape index (κ3) is 5.09. The van der Waals surface area contributed by atoms with Gasteiger partial charge < -0.3 is 9.47 Å². The number of carbonyl (C=O) groups is 1. The molecule has 2 aromatic carbocycles. The normalized spacial score (nSPS) is 11.2. The molecule has 25 heavy (non-hydrogen) atoms. The Bertz CT molecular complexity index is 713. The van der Waals surface area contributed by atoms with E-state index in [1.165, 1.54) is 5.56 Å². The lowest BCUT2D eigenvalue weighted by Gasteiger charge is -2.17. The fraction of sp³-hybridized carbons (Fsp3) is 0.409. The van der Waals surface area contributed by atoms with E-state index in [4.69, 9.17) is 9.47 Å². The number of benzene rings is 2. The summed E-state index contributed by atoms with van der Waals surface area (Å²) in [5.74, 6) is 1.67. The predicted octanol–water partition coefficient (Wildman–Crippen LogP) is 5.62. The summed E-state index contributed by atoms with van der Waals surface area (Å²) in [4.78, 5) is 12.9. The second-order valence-electron chi connectivity index (χ2n) is 7.10. The lowest BCUT2D eigenvalue weighted by atomic mass is 9.97. The van der Waals surface area contributed by atoms with Gasteiger partial charge in [0.05, 0.1) is 17.8 Å². The van der Waals surface area contributed by atoms with Crippen molar-refractivity contribution in [2.45, 2.75) is 59.7 Å². The Balaban J connectivity index is 2.36. The quantitative estimate of drug-likeness (QED) is 0.614. The molecule has 0 bridgehead atoms. The van der Waals surface area contributed by atoms with E-state index in [-0.39, 0.29) is 18.0 Å². The number of hydrogen-bond donors (Lipinski definition) is 0. The molecule has 0 aliphatic heterocycles. The van der Waals surface area contributed by atoms with Gasteiger partial charge in [-0.05, 0) is 51.3 Å². The molecule has 0 N–H and O–H groups in total. The Morgan fingerprint density at radius 2 is 1.40 bits per heavy atom. The van der Waals surface area contributed by atoms with Crippen LogP contribution in [0.3, 0.4) is 0 Å². The monoisotopic (exact) mass is 340 g/mol. The summed E-state index contributed by atoms with van der Waals surface area (Å²) in [5, 5.41) is 0. The highest BCUT2D eigenvalue weighted by molar-refractivity contribution is 6.10. The maximum Gasteiger partial charge on any atom is 0.196 e. The van der Waals surface area contributed by atoms with Crippen LogP contribution < -0.4 is 9.47 Å². The minimum atomic E-state index is -0.0398. The van der Waals surface area contributed by atoms with Crippen LogP contribution in [0.15, 0.2) is 42.5 Å². The summed E-state index contributed by atoms with van der Waals surface area (Å²) in [6, 6.07) is 13.2. The van der Waals surface area contributed by atoms with Gasteiger partial charge in [-0.15, -0.1) is 0 Å². The van der Waals surface area contributed by atoms with E-state index in [2.05, 4.69) is 13.8 Å². The first-order valence-corrected chi connectivity index (χ1v) is 8.90. The maximum absolute atomic E-state index is 12.9. The molecule has 0 aromatic heterocycles. The Morgan fingerprint density at radius 1 is 0.800 bits per heavy atom. The standard InChI is InChI=1S/C22H28O3/c1-14(2)17-7-9-18(10-8-17)22(23)20-12-11-19(24-15(3)4)13-21(20)25-16(5)6/h7-16H,1-6H3. The molecule has 0 radical (unpaired) electrons. The van der Waals surface area contributed by atoms with Crippen LogP contribution in [-0.2, 0) is 0 Å². The van der Waals surface area contributed by atoms with Crippen molar-refractivity contribution in [3.8, 4) is 11.5 Å². The molecule has 0 unspecified atom stereocenters. The van der Waals surface area contributed by atoms with Crippen molar-refractivity contribution >= 4 is 5.78 Å². The highest BCUT2D eigenvalue weighted by Gasteiger charge is 2.17. The third-order valence-electron chi connectivity index (χ3n) is 3.77. The van der Waals surface area contributed by atoms with Crippen LogP contribution in [-0.4, -0.2) is 18.0 Å². The lowest BCUT2D eigenvalue weighted by Crippen LogP contribution is -2.12. The fourth-order valence-corrected chi connectivity index (χ4v) is 2.56. The van der Waals surface area contributed by atoms with Gasteiger partial charge in [-0.3, -0.25) is 4.79 Å². The van der Waals surface area contributed by atoms with Crippen molar-refractivity contribution < 1.29 is 14.3 Å². The summed E-state index contributed by atoms with van der Waals surface area (Å²) >= 11 is 0. The van der Waals surface area contributed by atoms with Gasteiger partial charge in [-0.2, -0.15) is 0 Å². The molecule has 3 nitrogen and oxygen atoms in total. The van der Waals surface area contributed by atoms with Crippen molar-refractivity contribution in [1.82, 2.24) is 0 Å². The zero-order valence-corrected chi connectivity index (χ0v) is 16.0. The van der Waals surface area contributed by atoms with Crippen molar-refractivity contribution in [1.29, 1.82) is 0 Å². The van der Waals surface area contributed by atoms with Crippen LogP contribution in [0.25, 0.3) is 0 Å². The minimum absolute atomic E-state index is 0.0239. The maximum atomic E-state index is 12.9. The fourth-order valence-electron chi connectivity index (χ4n) is 2.56. The van der Waals surface area contributed by atoms with Gasteiger partial charge in [-0.1, -0.05) is 38.1 Å². The summed E-state index contributed by atoms with van der Waals surface area (Å²) < 4.78 is 11.6. The van der Waals surface area contributed by atoms with Crippen LogP contribution in [0.1, 0.15) is 68.9 Å². The molecule has 0 spiro atoms. The van der Waals surface area contributed by atoms with Crippen LogP contribution in [0.4, 0.5) is 0 Å². The number of ether oxygens (including phenoxy) is 2. The first-order valence-electron chi connectivity index (χ1n) is 8.90. The molecule has 0 saturated heterocycles. The summed E-state index contributed by atoms with van der Waals surface area (Å²) in [5.41, 5.74) is 2.44. The Morgan fingerprint density at radius 3 is 1.92 bits per heavy atom. The SMILES string of the molecule is CC(C)Oc1ccc(C(=O)c2ccc(C(C)C)cc2)c(OC(C)C)c1. The number of carbonyl (C=O) groups excluding carboxylic acids is 1. The van der Waals surface area contributed by atoms with E-state index in [1.807, 2.05) is 58.0 Å². The first-order chi connectivity index (χ1) is 11.8. The van der Waals surface area contributed by atoms with Gasteiger partial charge in [-0.25, -0.2) is 0 Å². The predicted molar refractivity (Wildman–Crippen MR) is 102 cm³/mol. The topological polar surface area (TPSA) is 35.5 Å². The molecule has 2 aromatic rings. The van der Waals surface area contributed by atoms with E-state index < -0.39 is 0 Å². The second-order valence-corrected chi connectivity index (χ2v) is 7.10. The molecular formula is C22H28O3. The van der Waals surface area contributed by atoms with Crippen LogP contribution in [0.2, 0.25) is 0 Å². The van der Waals surface area contributed by atoms with Gasteiger partial charge in [0.25, 0.3) is 0 Å². The van der Waals surface area contributed by atoms with Gasteiger partial charge in [0, 0.05) is 11.6 Å². The van der Waals surface area contributed by atoms with Crippen LogP contribution in [0.5, 0.6) is 11.5 Å². The average Bonchev–Trinajstić information content (AvgIpc) is 2.53. The molecule has 0 aliphatic carbocycles. The largest absolute Gasteiger partial charge is 0.491 e. The Kier molecular flexibility index (Phi) is 6.24. The molecular weight excluding hydrogens is 312 g/mol. The van der Waals surface area contributed by atoms with E-state index in [0.717, 1.165) is 0 Å². The molecule has 0 atom stereocenters. The number of ketones is 1. The van der Waals surface area contributed by atoms with Crippen molar-refractivity contribution in [3.63, 3.8) is 0 Å². The van der Waals surface area contributed by atoms with Gasteiger partial charge in [0.1, 0.15) is 11.5 Å². The molecule has 0 amide bonds. The van der Waals surface area contributed by atoms with E-state index in [1.54, 1.807) is 12.1 Å². The first kappa shape index (κ1) is 19.0. The third-order valence-corrected chi connectivity index (χ3v) is 3.77. The molecule has 0 fully saturated rings.